The van der Waals surface area contributed by atoms with Crippen LogP contribution in [0.1, 0.15) is 37.5 Å². The number of ether oxygens (including phenoxy) is 1. The largest absolute Gasteiger partial charge is 0.465 e. The third-order valence-electron chi connectivity index (χ3n) is 4.48. The van der Waals surface area contributed by atoms with Crippen LogP contribution in [0.25, 0.3) is 0 Å². The summed E-state index contributed by atoms with van der Waals surface area (Å²) in [5.74, 6) is -0.831. The van der Waals surface area contributed by atoms with E-state index in [9.17, 15) is 9.59 Å². The van der Waals surface area contributed by atoms with Crippen LogP contribution in [0.3, 0.4) is 0 Å². The molecule has 148 valence electrons. The number of nitrogens with zero attached hydrogens (tertiary/aromatic N) is 1. The predicted octanol–water partition coefficient (Wildman–Crippen LogP) is 4.79. The first kappa shape index (κ1) is 20.1. The maximum Gasteiger partial charge on any atom is 0.337 e. The van der Waals surface area contributed by atoms with E-state index in [0.29, 0.717) is 11.3 Å². The standard InChI is InChI=1S/C23H23N3O3/c1-14-10-15(2)21(16(3)11-14)25-19-8-9-24-20(13-19)22(27)26-18-7-5-6-17(12-18)23(28)29-4/h5-13H,1-4H3,(H,24,25)(H,26,27). The first-order valence-corrected chi connectivity index (χ1v) is 9.18. The van der Waals surface area contributed by atoms with Crippen LogP contribution in [0, 0.1) is 20.8 Å². The van der Waals surface area contributed by atoms with E-state index >= 15 is 0 Å². The molecular formula is C23H23N3O3. The molecule has 0 atom stereocenters. The summed E-state index contributed by atoms with van der Waals surface area (Å²) in [5, 5.41) is 6.14. The van der Waals surface area contributed by atoms with Gasteiger partial charge in [0.2, 0.25) is 0 Å². The zero-order valence-corrected chi connectivity index (χ0v) is 16.9. The SMILES string of the molecule is COC(=O)c1cccc(NC(=O)c2cc(Nc3c(C)cc(C)cc3C)ccn2)c1. The van der Waals surface area contributed by atoms with Crippen molar-refractivity contribution < 1.29 is 14.3 Å². The topological polar surface area (TPSA) is 80.3 Å². The molecule has 1 heterocycles. The lowest BCUT2D eigenvalue weighted by Gasteiger charge is -2.14. The van der Waals surface area contributed by atoms with E-state index in [1.807, 2.05) is 19.9 Å². The molecule has 0 radical (unpaired) electrons. The average molecular weight is 389 g/mol. The van der Waals surface area contributed by atoms with E-state index in [1.165, 1.54) is 12.7 Å². The maximum absolute atomic E-state index is 12.6. The summed E-state index contributed by atoms with van der Waals surface area (Å²) in [6.07, 6.45) is 1.58. The highest BCUT2D eigenvalue weighted by molar-refractivity contribution is 6.04. The minimum absolute atomic E-state index is 0.265. The lowest BCUT2D eigenvalue weighted by molar-refractivity contribution is 0.0600. The van der Waals surface area contributed by atoms with E-state index in [1.54, 1.807) is 36.5 Å². The zero-order valence-electron chi connectivity index (χ0n) is 16.9. The molecule has 3 rings (SSSR count). The highest BCUT2D eigenvalue weighted by Crippen LogP contribution is 2.26. The fraction of sp³-hybridized carbons (Fsp3) is 0.174. The molecule has 6 nitrogen and oxygen atoms in total. The number of carbonyl (C=O) groups excluding carboxylic acids is 2. The number of amides is 1. The van der Waals surface area contributed by atoms with Gasteiger partial charge in [-0.2, -0.15) is 0 Å². The molecule has 1 amide bonds. The highest BCUT2D eigenvalue weighted by Gasteiger charge is 2.12. The number of anilines is 3. The van der Waals surface area contributed by atoms with Crippen LogP contribution in [0.15, 0.2) is 54.7 Å². The van der Waals surface area contributed by atoms with E-state index in [-0.39, 0.29) is 11.6 Å². The summed E-state index contributed by atoms with van der Waals surface area (Å²) in [6, 6.07) is 14.3. The number of carbonyl (C=O) groups is 2. The Bertz CT molecular complexity index is 1050. The summed E-state index contributed by atoms with van der Waals surface area (Å²) in [6.45, 7) is 6.16. The summed E-state index contributed by atoms with van der Waals surface area (Å²) in [5.41, 5.74) is 6.36. The number of benzene rings is 2. The normalized spacial score (nSPS) is 10.3. The van der Waals surface area contributed by atoms with Crippen LogP contribution in [-0.4, -0.2) is 24.0 Å². The van der Waals surface area contributed by atoms with Gasteiger partial charge < -0.3 is 15.4 Å². The fourth-order valence-electron chi connectivity index (χ4n) is 3.19. The molecule has 29 heavy (non-hydrogen) atoms. The first-order valence-electron chi connectivity index (χ1n) is 9.18. The molecule has 0 spiro atoms. The Labute approximate surface area is 169 Å². The number of rotatable bonds is 5. The fourth-order valence-corrected chi connectivity index (χ4v) is 3.19. The second-order valence-corrected chi connectivity index (χ2v) is 6.85. The van der Waals surface area contributed by atoms with Crippen molar-refractivity contribution in [2.24, 2.45) is 0 Å². The predicted molar refractivity (Wildman–Crippen MR) is 114 cm³/mol. The lowest BCUT2D eigenvalue weighted by atomic mass is 10.0. The average Bonchev–Trinajstić information content (AvgIpc) is 2.70. The molecule has 0 saturated heterocycles. The first-order chi connectivity index (χ1) is 13.9. The summed E-state index contributed by atoms with van der Waals surface area (Å²) < 4.78 is 4.71. The van der Waals surface area contributed by atoms with Gasteiger partial charge in [-0.15, -0.1) is 0 Å². The van der Waals surface area contributed by atoms with E-state index in [2.05, 4.69) is 34.7 Å². The quantitative estimate of drug-likeness (QED) is 0.613. The van der Waals surface area contributed by atoms with Gasteiger partial charge >= 0.3 is 5.97 Å². The third-order valence-corrected chi connectivity index (χ3v) is 4.48. The second-order valence-electron chi connectivity index (χ2n) is 6.85. The molecule has 0 fully saturated rings. The van der Waals surface area contributed by atoms with Crippen molar-refractivity contribution in [3.05, 3.63) is 82.7 Å². The van der Waals surface area contributed by atoms with Crippen molar-refractivity contribution in [3.63, 3.8) is 0 Å². The highest BCUT2D eigenvalue weighted by atomic mass is 16.5. The van der Waals surface area contributed by atoms with E-state index in [0.717, 1.165) is 22.5 Å². The Morgan fingerprint density at radius 1 is 0.931 bits per heavy atom. The van der Waals surface area contributed by atoms with Gasteiger partial charge in [0.25, 0.3) is 5.91 Å². The van der Waals surface area contributed by atoms with Gasteiger partial charge in [0, 0.05) is 23.3 Å². The minimum atomic E-state index is -0.464. The molecule has 3 aromatic rings. The molecule has 2 N–H and O–H groups in total. The van der Waals surface area contributed by atoms with Crippen LogP contribution in [0.5, 0.6) is 0 Å². The van der Waals surface area contributed by atoms with Crippen LogP contribution in [-0.2, 0) is 4.74 Å². The molecule has 0 aliphatic rings. The van der Waals surface area contributed by atoms with Gasteiger partial charge in [-0.25, -0.2) is 4.79 Å². The minimum Gasteiger partial charge on any atom is -0.465 e. The molecule has 0 aliphatic heterocycles. The number of methoxy groups -OCH3 is 1. The van der Waals surface area contributed by atoms with Gasteiger partial charge in [-0.1, -0.05) is 23.8 Å². The molecule has 0 bridgehead atoms. The monoisotopic (exact) mass is 389 g/mol. The van der Waals surface area contributed by atoms with E-state index < -0.39 is 5.97 Å². The zero-order chi connectivity index (χ0) is 21.0. The summed E-state index contributed by atoms with van der Waals surface area (Å²) >= 11 is 0. The van der Waals surface area contributed by atoms with Gasteiger partial charge in [-0.3, -0.25) is 9.78 Å². The number of pyridine rings is 1. The Hall–Kier alpha value is -3.67. The Morgan fingerprint density at radius 3 is 2.34 bits per heavy atom. The molecule has 0 saturated carbocycles. The van der Waals surface area contributed by atoms with Crippen LogP contribution >= 0.6 is 0 Å². The van der Waals surface area contributed by atoms with Crippen LogP contribution in [0.4, 0.5) is 17.1 Å². The van der Waals surface area contributed by atoms with Crippen LogP contribution in [0.2, 0.25) is 0 Å². The van der Waals surface area contributed by atoms with Crippen molar-refractivity contribution in [2.45, 2.75) is 20.8 Å². The molecular weight excluding hydrogens is 366 g/mol. The molecule has 0 aliphatic carbocycles. The third kappa shape index (κ3) is 4.79. The summed E-state index contributed by atoms with van der Waals surface area (Å²) in [4.78, 5) is 28.5. The van der Waals surface area contributed by atoms with Gasteiger partial charge in [0.15, 0.2) is 0 Å². The lowest BCUT2D eigenvalue weighted by Crippen LogP contribution is -2.14. The summed E-state index contributed by atoms with van der Waals surface area (Å²) in [7, 11) is 1.31. The maximum atomic E-state index is 12.6. The number of aryl methyl sites for hydroxylation is 3. The Balaban J connectivity index is 1.79. The Kier molecular flexibility index (Phi) is 5.93. The van der Waals surface area contributed by atoms with Crippen molar-refractivity contribution in [2.75, 3.05) is 17.7 Å². The van der Waals surface area contributed by atoms with Crippen molar-refractivity contribution in [1.29, 1.82) is 0 Å². The van der Waals surface area contributed by atoms with Crippen molar-refractivity contribution in [1.82, 2.24) is 4.98 Å². The number of esters is 1. The van der Waals surface area contributed by atoms with Crippen molar-refractivity contribution in [3.8, 4) is 0 Å². The number of aromatic nitrogens is 1. The molecule has 0 unspecified atom stereocenters. The second kappa shape index (κ2) is 8.56. The number of hydrogen-bond acceptors (Lipinski definition) is 5. The smallest absolute Gasteiger partial charge is 0.337 e. The number of nitrogens with one attached hydrogen (secondary N) is 2. The Morgan fingerprint density at radius 2 is 1.66 bits per heavy atom. The van der Waals surface area contributed by atoms with E-state index in [4.69, 9.17) is 4.74 Å². The van der Waals surface area contributed by atoms with Gasteiger partial charge in [0.05, 0.1) is 12.7 Å². The molecule has 1 aromatic heterocycles. The number of hydrogen-bond donors (Lipinski definition) is 2. The van der Waals surface area contributed by atoms with Crippen molar-refractivity contribution >= 4 is 28.9 Å². The van der Waals surface area contributed by atoms with Crippen LogP contribution < -0.4 is 10.6 Å². The molecule has 2 aromatic carbocycles. The van der Waals surface area contributed by atoms with Gasteiger partial charge in [-0.05, 0) is 62.2 Å². The molecule has 6 heteroatoms. The van der Waals surface area contributed by atoms with Gasteiger partial charge in [0.1, 0.15) is 5.69 Å².